The number of nitrogens with zero attached hydrogens (tertiary/aromatic N) is 4. The Morgan fingerprint density at radius 1 is 1.06 bits per heavy atom. The Morgan fingerprint density at radius 3 is 2.75 bits per heavy atom. The number of carbonyl (C=O) groups is 1. The van der Waals surface area contributed by atoms with Crippen LogP contribution in [0.3, 0.4) is 0 Å². The van der Waals surface area contributed by atoms with Crippen LogP contribution in [-0.4, -0.2) is 45.5 Å². The molecular weight excluding hydrogens is 413 g/mol. The number of benzene rings is 2. The van der Waals surface area contributed by atoms with Crippen LogP contribution in [0.15, 0.2) is 54.6 Å². The zero-order valence-electron chi connectivity index (χ0n) is 17.7. The van der Waals surface area contributed by atoms with Crippen molar-refractivity contribution in [2.24, 2.45) is 0 Å². The van der Waals surface area contributed by atoms with Crippen LogP contribution >= 0.6 is 0 Å². The van der Waals surface area contributed by atoms with Gasteiger partial charge in [0, 0.05) is 11.6 Å². The first-order valence-electron chi connectivity index (χ1n) is 10.1. The zero-order valence-corrected chi connectivity index (χ0v) is 17.7. The van der Waals surface area contributed by atoms with Crippen LogP contribution in [0.5, 0.6) is 11.6 Å². The molecule has 164 valence electrons. The number of hydrogen-bond donors (Lipinski definition) is 1. The van der Waals surface area contributed by atoms with E-state index in [-0.39, 0.29) is 31.5 Å². The van der Waals surface area contributed by atoms with Crippen LogP contribution in [-0.2, 0) is 4.79 Å². The van der Waals surface area contributed by atoms with Crippen LogP contribution in [0.4, 0.5) is 4.39 Å². The predicted molar refractivity (Wildman–Crippen MR) is 116 cm³/mol. The largest absolute Gasteiger partial charge is 0.483 e. The van der Waals surface area contributed by atoms with Crippen LogP contribution in [0.25, 0.3) is 17.0 Å². The first-order chi connectivity index (χ1) is 15.5. The van der Waals surface area contributed by atoms with Gasteiger partial charge in [0.15, 0.2) is 18.1 Å². The molecule has 0 atom stereocenters. The van der Waals surface area contributed by atoms with Crippen molar-refractivity contribution in [2.45, 2.75) is 13.8 Å². The van der Waals surface area contributed by atoms with Crippen molar-refractivity contribution in [2.75, 3.05) is 19.8 Å². The number of halogens is 1. The van der Waals surface area contributed by atoms with Crippen molar-refractivity contribution in [1.29, 1.82) is 0 Å². The van der Waals surface area contributed by atoms with E-state index in [1.807, 2.05) is 32.0 Å². The number of ether oxygens (including phenoxy) is 2. The lowest BCUT2D eigenvalue weighted by Crippen LogP contribution is -2.32. The van der Waals surface area contributed by atoms with Crippen LogP contribution in [0.1, 0.15) is 11.1 Å². The maximum atomic E-state index is 13.6. The summed E-state index contributed by atoms with van der Waals surface area (Å²) in [6.07, 6.45) is 0. The van der Waals surface area contributed by atoms with E-state index in [4.69, 9.17) is 9.47 Å². The third-order valence-corrected chi connectivity index (χ3v) is 4.91. The summed E-state index contributed by atoms with van der Waals surface area (Å²) in [5.74, 6) is 0.809. The first kappa shape index (κ1) is 21.2. The zero-order chi connectivity index (χ0) is 22.5. The average molecular weight is 435 g/mol. The van der Waals surface area contributed by atoms with Crippen molar-refractivity contribution in [3.8, 4) is 23.0 Å². The van der Waals surface area contributed by atoms with Gasteiger partial charge in [0.25, 0.3) is 5.91 Å². The fourth-order valence-electron chi connectivity index (χ4n) is 3.08. The molecule has 9 heteroatoms. The molecule has 2 heterocycles. The van der Waals surface area contributed by atoms with E-state index >= 15 is 0 Å². The Kier molecular flexibility index (Phi) is 6.25. The normalized spacial score (nSPS) is 10.8. The van der Waals surface area contributed by atoms with Crippen molar-refractivity contribution in [3.05, 3.63) is 71.5 Å². The summed E-state index contributed by atoms with van der Waals surface area (Å²) in [5.41, 5.74) is 3.18. The number of fused-ring (bicyclic) bond motifs is 1. The average Bonchev–Trinajstić information content (AvgIpc) is 3.21. The van der Waals surface area contributed by atoms with Crippen molar-refractivity contribution < 1.29 is 18.7 Å². The maximum absolute atomic E-state index is 13.6. The lowest BCUT2D eigenvalue weighted by Gasteiger charge is -2.11. The molecule has 1 N–H and O–H groups in total. The monoisotopic (exact) mass is 435 g/mol. The summed E-state index contributed by atoms with van der Waals surface area (Å²) in [6, 6.07) is 15.1. The molecule has 1 amide bonds. The van der Waals surface area contributed by atoms with Gasteiger partial charge in [0.1, 0.15) is 18.2 Å². The van der Waals surface area contributed by atoms with E-state index in [1.165, 1.54) is 16.6 Å². The Balaban J connectivity index is 1.30. The van der Waals surface area contributed by atoms with E-state index in [0.29, 0.717) is 28.7 Å². The number of nitrogens with one attached hydrogen (secondary N) is 1. The summed E-state index contributed by atoms with van der Waals surface area (Å²) < 4.78 is 26.3. The maximum Gasteiger partial charge on any atom is 0.258 e. The molecule has 0 fully saturated rings. The van der Waals surface area contributed by atoms with Gasteiger partial charge >= 0.3 is 0 Å². The number of aryl methyl sites for hydroxylation is 1. The summed E-state index contributed by atoms with van der Waals surface area (Å²) in [4.78, 5) is 12.0. The van der Waals surface area contributed by atoms with Gasteiger partial charge in [-0.1, -0.05) is 24.3 Å². The molecule has 0 saturated carbocycles. The molecule has 4 rings (SSSR count). The molecule has 0 radical (unpaired) electrons. The topological polar surface area (TPSA) is 90.6 Å². The van der Waals surface area contributed by atoms with Gasteiger partial charge in [0.05, 0.1) is 6.54 Å². The highest BCUT2D eigenvalue weighted by Crippen LogP contribution is 2.21. The number of aromatic nitrogens is 4. The quantitative estimate of drug-likeness (QED) is 0.428. The van der Waals surface area contributed by atoms with Crippen molar-refractivity contribution in [1.82, 2.24) is 25.1 Å². The van der Waals surface area contributed by atoms with Crippen molar-refractivity contribution in [3.63, 3.8) is 0 Å². The molecular formula is C23H22FN5O3. The van der Waals surface area contributed by atoms with E-state index in [9.17, 15) is 9.18 Å². The molecule has 0 aliphatic carbocycles. The van der Waals surface area contributed by atoms with E-state index in [0.717, 1.165) is 11.1 Å². The third-order valence-electron chi connectivity index (χ3n) is 4.91. The number of amides is 1. The fraction of sp³-hybridized carbons (Fsp3) is 0.217. The molecule has 0 saturated heterocycles. The standard InChI is InChI=1S/C23H22FN5O3/c1-15-5-3-8-19(16(15)2)32-14-21(30)25-11-12-31-22-10-9-20-26-27-23(29(20)28-22)17-6-4-7-18(24)13-17/h3-10,13H,11-12,14H2,1-2H3,(H,25,30). The molecule has 32 heavy (non-hydrogen) atoms. The highest BCUT2D eigenvalue weighted by molar-refractivity contribution is 5.77. The minimum Gasteiger partial charge on any atom is -0.483 e. The number of rotatable bonds is 8. The van der Waals surface area contributed by atoms with Gasteiger partial charge in [-0.25, -0.2) is 4.39 Å². The minimum absolute atomic E-state index is 0.0772. The second kappa shape index (κ2) is 9.42. The molecule has 2 aromatic carbocycles. The fourth-order valence-corrected chi connectivity index (χ4v) is 3.08. The van der Waals surface area contributed by atoms with Gasteiger partial charge in [0.2, 0.25) is 5.88 Å². The number of carbonyl (C=O) groups excluding carboxylic acids is 1. The molecule has 0 unspecified atom stereocenters. The number of hydrogen-bond acceptors (Lipinski definition) is 6. The van der Waals surface area contributed by atoms with E-state index in [1.54, 1.807) is 24.3 Å². The van der Waals surface area contributed by atoms with Crippen LogP contribution in [0.2, 0.25) is 0 Å². The summed E-state index contributed by atoms with van der Waals surface area (Å²) >= 11 is 0. The molecule has 4 aromatic rings. The molecule has 0 aliphatic heterocycles. The van der Waals surface area contributed by atoms with Crippen LogP contribution in [0, 0.1) is 19.7 Å². The summed E-state index contributed by atoms with van der Waals surface area (Å²) in [6.45, 7) is 4.37. The third kappa shape index (κ3) is 4.83. The highest BCUT2D eigenvalue weighted by Gasteiger charge is 2.11. The lowest BCUT2D eigenvalue weighted by atomic mass is 10.1. The van der Waals surface area contributed by atoms with E-state index in [2.05, 4.69) is 20.6 Å². The molecule has 8 nitrogen and oxygen atoms in total. The van der Waals surface area contributed by atoms with Gasteiger partial charge in [-0.3, -0.25) is 4.79 Å². The molecule has 0 spiro atoms. The van der Waals surface area contributed by atoms with E-state index < -0.39 is 0 Å². The summed E-state index contributed by atoms with van der Waals surface area (Å²) in [5, 5.41) is 15.2. The first-order valence-corrected chi connectivity index (χ1v) is 10.1. The second-order valence-electron chi connectivity index (χ2n) is 7.16. The highest BCUT2D eigenvalue weighted by atomic mass is 19.1. The molecule has 0 aliphatic rings. The molecule has 0 bridgehead atoms. The smallest absolute Gasteiger partial charge is 0.258 e. The molecule has 2 aromatic heterocycles. The Morgan fingerprint density at radius 2 is 1.91 bits per heavy atom. The van der Waals surface area contributed by atoms with Gasteiger partial charge in [-0.05, 0) is 49.2 Å². The summed E-state index contributed by atoms with van der Waals surface area (Å²) in [7, 11) is 0. The van der Waals surface area contributed by atoms with Crippen LogP contribution < -0.4 is 14.8 Å². The Bertz CT molecular complexity index is 1260. The Labute approximate surface area is 184 Å². The second-order valence-corrected chi connectivity index (χ2v) is 7.16. The van der Waals surface area contributed by atoms with Gasteiger partial charge < -0.3 is 14.8 Å². The Hall–Kier alpha value is -4.01. The van der Waals surface area contributed by atoms with Crippen molar-refractivity contribution >= 4 is 11.6 Å². The predicted octanol–water partition coefficient (Wildman–Crippen LogP) is 3.12. The lowest BCUT2D eigenvalue weighted by molar-refractivity contribution is -0.123. The van der Waals surface area contributed by atoms with Gasteiger partial charge in [-0.15, -0.1) is 15.3 Å². The minimum atomic E-state index is -0.371. The SMILES string of the molecule is Cc1cccc(OCC(=O)NCCOc2ccc3nnc(-c4cccc(F)c4)n3n2)c1C. The van der Waals surface area contributed by atoms with Gasteiger partial charge in [-0.2, -0.15) is 4.52 Å².